The van der Waals surface area contributed by atoms with Gasteiger partial charge in [-0.15, -0.1) is 0 Å². The summed E-state index contributed by atoms with van der Waals surface area (Å²) in [7, 11) is 1.67. The van der Waals surface area contributed by atoms with Gasteiger partial charge >= 0.3 is 0 Å². The summed E-state index contributed by atoms with van der Waals surface area (Å²) in [5.41, 5.74) is 0. The first-order valence-electron chi connectivity index (χ1n) is 6.51. The predicted molar refractivity (Wildman–Crippen MR) is 72.4 cm³/mol. The van der Waals surface area contributed by atoms with E-state index in [0.717, 1.165) is 37.7 Å². The van der Waals surface area contributed by atoms with Gasteiger partial charge in [0.1, 0.15) is 6.61 Å². The molecule has 1 heterocycles. The molecule has 0 aromatic heterocycles. The molecule has 100 valence electrons. The van der Waals surface area contributed by atoms with Crippen LogP contribution >= 0.6 is 0 Å². The van der Waals surface area contributed by atoms with Gasteiger partial charge in [-0.1, -0.05) is 12.1 Å². The minimum absolute atomic E-state index is 0.574. The molecule has 2 rings (SSSR count). The Kier molecular flexibility index (Phi) is 4.84. The third-order valence-electron chi connectivity index (χ3n) is 3.19. The van der Waals surface area contributed by atoms with E-state index in [-0.39, 0.29) is 0 Å². The SMILES string of the molecule is COc1ccccc1OCCN1CCN[C@@H](C)C1. The molecule has 1 aliphatic rings. The van der Waals surface area contributed by atoms with E-state index in [1.807, 2.05) is 24.3 Å². The molecule has 0 bridgehead atoms. The minimum atomic E-state index is 0.574. The maximum absolute atomic E-state index is 5.78. The fourth-order valence-corrected chi connectivity index (χ4v) is 2.24. The Bertz CT molecular complexity index is 371. The first-order chi connectivity index (χ1) is 8.79. The second-order valence-electron chi connectivity index (χ2n) is 4.66. The average Bonchev–Trinajstić information content (AvgIpc) is 2.39. The van der Waals surface area contributed by atoms with Gasteiger partial charge in [0, 0.05) is 32.2 Å². The first-order valence-corrected chi connectivity index (χ1v) is 6.51. The van der Waals surface area contributed by atoms with E-state index in [1.165, 1.54) is 0 Å². The number of piperazine rings is 1. The van der Waals surface area contributed by atoms with E-state index in [1.54, 1.807) is 7.11 Å². The van der Waals surface area contributed by atoms with Crippen molar-refractivity contribution in [2.45, 2.75) is 13.0 Å². The molecule has 0 saturated carbocycles. The van der Waals surface area contributed by atoms with E-state index >= 15 is 0 Å². The van der Waals surface area contributed by atoms with Gasteiger partial charge in [0.05, 0.1) is 7.11 Å². The third-order valence-corrected chi connectivity index (χ3v) is 3.19. The topological polar surface area (TPSA) is 33.7 Å². The summed E-state index contributed by atoms with van der Waals surface area (Å²) in [6.45, 7) is 7.13. The molecule has 4 nitrogen and oxygen atoms in total. The van der Waals surface area contributed by atoms with E-state index in [4.69, 9.17) is 9.47 Å². The highest BCUT2D eigenvalue weighted by atomic mass is 16.5. The lowest BCUT2D eigenvalue weighted by molar-refractivity contribution is 0.168. The Hall–Kier alpha value is -1.26. The summed E-state index contributed by atoms with van der Waals surface area (Å²) in [6, 6.07) is 8.35. The van der Waals surface area contributed by atoms with Crippen molar-refractivity contribution < 1.29 is 9.47 Å². The Morgan fingerprint density at radius 2 is 2.11 bits per heavy atom. The number of ether oxygens (including phenoxy) is 2. The van der Waals surface area contributed by atoms with Crippen LogP contribution in [0.2, 0.25) is 0 Å². The number of benzene rings is 1. The quantitative estimate of drug-likeness (QED) is 0.856. The molecule has 1 N–H and O–H groups in total. The second-order valence-corrected chi connectivity index (χ2v) is 4.66. The molecule has 1 aromatic carbocycles. The largest absolute Gasteiger partial charge is 0.493 e. The highest BCUT2D eigenvalue weighted by Gasteiger charge is 2.15. The van der Waals surface area contributed by atoms with Gasteiger partial charge in [-0.25, -0.2) is 0 Å². The lowest BCUT2D eigenvalue weighted by atomic mass is 10.2. The number of para-hydroxylation sites is 2. The van der Waals surface area contributed by atoms with E-state index in [2.05, 4.69) is 17.1 Å². The molecule has 1 aliphatic heterocycles. The molecule has 1 saturated heterocycles. The molecule has 0 unspecified atom stereocenters. The van der Waals surface area contributed by atoms with Crippen molar-refractivity contribution in [1.82, 2.24) is 10.2 Å². The Balaban J connectivity index is 1.77. The highest BCUT2D eigenvalue weighted by Crippen LogP contribution is 2.25. The van der Waals surface area contributed by atoms with Gasteiger partial charge in [-0.05, 0) is 19.1 Å². The smallest absolute Gasteiger partial charge is 0.161 e. The molecule has 0 amide bonds. The number of methoxy groups -OCH3 is 1. The van der Waals surface area contributed by atoms with Crippen molar-refractivity contribution in [3.8, 4) is 11.5 Å². The van der Waals surface area contributed by atoms with E-state index in [0.29, 0.717) is 12.6 Å². The van der Waals surface area contributed by atoms with Crippen LogP contribution < -0.4 is 14.8 Å². The highest BCUT2D eigenvalue weighted by molar-refractivity contribution is 5.39. The predicted octanol–water partition coefficient (Wildman–Crippen LogP) is 1.37. The number of nitrogens with one attached hydrogen (secondary N) is 1. The maximum Gasteiger partial charge on any atom is 0.161 e. The molecule has 0 spiro atoms. The summed E-state index contributed by atoms with van der Waals surface area (Å²) in [6.07, 6.45) is 0. The molecule has 1 aromatic rings. The van der Waals surface area contributed by atoms with Gasteiger partial charge in [-0.3, -0.25) is 4.90 Å². The van der Waals surface area contributed by atoms with Gasteiger partial charge in [0.25, 0.3) is 0 Å². The zero-order valence-electron chi connectivity index (χ0n) is 11.2. The number of hydrogen-bond acceptors (Lipinski definition) is 4. The van der Waals surface area contributed by atoms with Gasteiger partial charge in [-0.2, -0.15) is 0 Å². The van der Waals surface area contributed by atoms with Gasteiger partial charge < -0.3 is 14.8 Å². The number of rotatable bonds is 5. The van der Waals surface area contributed by atoms with Crippen molar-refractivity contribution in [2.75, 3.05) is 39.9 Å². The lowest BCUT2D eigenvalue weighted by Crippen LogP contribution is -2.50. The van der Waals surface area contributed by atoms with Crippen LogP contribution in [-0.2, 0) is 0 Å². The Morgan fingerprint density at radius 1 is 1.33 bits per heavy atom. The van der Waals surface area contributed by atoms with Crippen LogP contribution in [0, 0.1) is 0 Å². The zero-order chi connectivity index (χ0) is 12.8. The van der Waals surface area contributed by atoms with Crippen LogP contribution in [0.15, 0.2) is 24.3 Å². The van der Waals surface area contributed by atoms with Gasteiger partial charge in [0.15, 0.2) is 11.5 Å². The second kappa shape index (κ2) is 6.61. The minimum Gasteiger partial charge on any atom is -0.493 e. The first kappa shape index (κ1) is 13.2. The van der Waals surface area contributed by atoms with Crippen LogP contribution in [0.3, 0.4) is 0 Å². The molecule has 4 heteroatoms. The average molecular weight is 250 g/mol. The van der Waals surface area contributed by atoms with Crippen LogP contribution in [0.4, 0.5) is 0 Å². The normalized spacial score (nSPS) is 20.7. The van der Waals surface area contributed by atoms with Crippen molar-refractivity contribution in [2.24, 2.45) is 0 Å². The van der Waals surface area contributed by atoms with Crippen LogP contribution in [-0.4, -0.2) is 50.8 Å². The van der Waals surface area contributed by atoms with Crippen molar-refractivity contribution in [3.05, 3.63) is 24.3 Å². The lowest BCUT2D eigenvalue weighted by Gasteiger charge is -2.31. The van der Waals surface area contributed by atoms with Crippen LogP contribution in [0.1, 0.15) is 6.92 Å². The standard InChI is InChI=1S/C14H22N2O2/c1-12-11-16(8-7-15-12)9-10-18-14-6-4-3-5-13(14)17-2/h3-6,12,15H,7-11H2,1-2H3/t12-/m0/s1. The Morgan fingerprint density at radius 3 is 2.83 bits per heavy atom. The molecule has 0 radical (unpaired) electrons. The third kappa shape index (κ3) is 3.62. The molecular formula is C14H22N2O2. The summed E-state index contributed by atoms with van der Waals surface area (Å²) in [5.74, 6) is 1.62. The fraction of sp³-hybridized carbons (Fsp3) is 0.571. The Labute approximate surface area is 109 Å². The summed E-state index contributed by atoms with van der Waals surface area (Å²) in [5, 5.41) is 3.44. The number of hydrogen-bond donors (Lipinski definition) is 1. The summed E-state index contributed by atoms with van der Waals surface area (Å²) in [4.78, 5) is 2.43. The molecule has 18 heavy (non-hydrogen) atoms. The number of nitrogens with zero attached hydrogens (tertiary/aromatic N) is 1. The van der Waals surface area contributed by atoms with Crippen molar-refractivity contribution >= 4 is 0 Å². The van der Waals surface area contributed by atoms with Crippen LogP contribution in [0.25, 0.3) is 0 Å². The summed E-state index contributed by atoms with van der Waals surface area (Å²) < 4.78 is 11.0. The van der Waals surface area contributed by atoms with Gasteiger partial charge in [0.2, 0.25) is 0 Å². The van der Waals surface area contributed by atoms with Crippen molar-refractivity contribution in [3.63, 3.8) is 0 Å². The van der Waals surface area contributed by atoms with Crippen LogP contribution in [0.5, 0.6) is 11.5 Å². The van der Waals surface area contributed by atoms with Crippen molar-refractivity contribution in [1.29, 1.82) is 0 Å². The zero-order valence-corrected chi connectivity index (χ0v) is 11.2. The maximum atomic E-state index is 5.78. The molecular weight excluding hydrogens is 228 g/mol. The molecule has 1 atom stereocenters. The fourth-order valence-electron chi connectivity index (χ4n) is 2.24. The van der Waals surface area contributed by atoms with E-state index < -0.39 is 0 Å². The monoisotopic (exact) mass is 250 g/mol. The summed E-state index contributed by atoms with van der Waals surface area (Å²) >= 11 is 0. The molecule has 0 aliphatic carbocycles. The molecule has 1 fully saturated rings. The van der Waals surface area contributed by atoms with E-state index in [9.17, 15) is 0 Å².